The van der Waals surface area contributed by atoms with E-state index >= 15 is 0 Å². The van der Waals surface area contributed by atoms with Gasteiger partial charge in [-0.2, -0.15) is 8.42 Å². The summed E-state index contributed by atoms with van der Waals surface area (Å²) in [7, 11) is -4.23. The Morgan fingerprint density at radius 2 is 1.88 bits per heavy atom. The first kappa shape index (κ1) is 15.6. The molecule has 7 nitrogen and oxygen atoms in total. The summed E-state index contributed by atoms with van der Waals surface area (Å²) < 4.78 is 34.4. The lowest BCUT2D eigenvalue weighted by molar-refractivity contribution is -0.141. The van der Waals surface area contributed by atoms with Crippen LogP contribution in [0.15, 0.2) is 12.3 Å². The van der Waals surface area contributed by atoms with Crippen LogP contribution in [0.1, 0.15) is 20.8 Å². The third-order valence-corrected chi connectivity index (χ3v) is 2.60. The highest BCUT2D eigenvalue weighted by Crippen LogP contribution is 2.07. The van der Waals surface area contributed by atoms with Crippen molar-refractivity contribution in [3.63, 3.8) is 0 Å². The number of hydrogen-bond acceptors (Lipinski definition) is 5. The van der Waals surface area contributed by atoms with Crippen molar-refractivity contribution in [2.75, 3.05) is 5.75 Å². The molecular formula is C9H15NO6S. The van der Waals surface area contributed by atoms with Gasteiger partial charge in [0.1, 0.15) is 0 Å². The summed E-state index contributed by atoms with van der Waals surface area (Å²) in [4.78, 5) is 22.0. The Balaban J connectivity index is 4.57. The summed E-state index contributed by atoms with van der Waals surface area (Å²) >= 11 is 0. The van der Waals surface area contributed by atoms with Crippen molar-refractivity contribution in [3.8, 4) is 0 Å². The van der Waals surface area contributed by atoms with Gasteiger partial charge in [-0.25, -0.2) is 0 Å². The fourth-order valence-corrected chi connectivity index (χ4v) is 2.07. The molecule has 0 aliphatic carbocycles. The number of esters is 1. The number of carbonyl (C=O) groups is 2. The number of rotatable bonds is 5. The first-order valence-electron chi connectivity index (χ1n) is 4.58. The van der Waals surface area contributed by atoms with Gasteiger partial charge in [-0.05, 0) is 13.8 Å². The number of amides is 1. The summed E-state index contributed by atoms with van der Waals surface area (Å²) in [6.45, 7) is 7.08. The number of hydrogen-bond donors (Lipinski definition) is 2. The maximum atomic E-state index is 11.4. The molecule has 0 bridgehead atoms. The molecule has 0 spiro atoms. The lowest BCUT2D eigenvalue weighted by Gasteiger charge is -2.24. The Morgan fingerprint density at radius 3 is 2.24 bits per heavy atom. The summed E-state index contributed by atoms with van der Waals surface area (Å²) in [5.41, 5.74) is -1.21. The molecule has 0 aromatic rings. The van der Waals surface area contributed by atoms with Crippen LogP contribution in [-0.4, -0.2) is 36.1 Å². The van der Waals surface area contributed by atoms with E-state index in [-0.39, 0.29) is 0 Å². The third-order valence-electron chi connectivity index (χ3n) is 1.52. The Hall–Kier alpha value is -1.41. The second-order valence-corrected chi connectivity index (χ2v) is 5.53. The molecule has 0 saturated heterocycles. The van der Waals surface area contributed by atoms with Crippen LogP contribution in [-0.2, 0) is 24.4 Å². The molecule has 0 heterocycles. The fraction of sp³-hybridized carbons (Fsp3) is 0.556. The lowest BCUT2D eigenvalue weighted by Crippen LogP contribution is -2.49. The maximum Gasteiger partial charge on any atom is 0.308 e. The fourth-order valence-electron chi connectivity index (χ4n) is 1.09. The molecule has 0 saturated carbocycles. The molecule has 0 rings (SSSR count). The monoisotopic (exact) mass is 265 g/mol. The van der Waals surface area contributed by atoms with Crippen LogP contribution in [0.3, 0.4) is 0 Å². The summed E-state index contributed by atoms with van der Waals surface area (Å²) in [5, 5.41) is 2.26. The average Bonchev–Trinajstić information content (AvgIpc) is 1.95. The second-order valence-electron chi connectivity index (χ2n) is 4.08. The third kappa shape index (κ3) is 7.47. The van der Waals surface area contributed by atoms with Gasteiger partial charge in [-0.15, -0.1) is 0 Å². The minimum Gasteiger partial charge on any atom is -0.421 e. The van der Waals surface area contributed by atoms with Crippen LogP contribution in [0.25, 0.3) is 0 Å². The zero-order valence-electron chi connectivity index (χ0n) is 9.81. The van der Waals surface area contributed by atoms with Crippen molar-refractivity contribution in [2.45, 2.75) is 26.3 Å². The van der Waals surface area contributed by atoms with Crippen LogP contribution < -0.4 is 5.32 Å². The molecule has 2 N–H and O–H groups in total. The van der Waals surface area contributed by atoms with Crippen LogP contribution in [0, 0.1) is 0 Å². The van der Waals surface area contributed by atoms with E-state index in [9.17, 15) is 18.0 Å². The molecule has 1 amide bonds. The van der Waals surface area contributed by atoms with Gasteiger partial charge in [0.25, 0.3) is 16.0 Å². The van der Waals surface area contributed by atoms with Crippen LogP contribution in [0.2, 0.25) is 0 Å². The van der Waals surface area contributed by atoms with E-state index in [0.29, 0.717) is 0 Å². The van der Waals surface area contributed by atoms with E-state index in [1.807, 2.05) is 0 Å². The quantitative estimate of drug-likeness (QED) is 0.309. The smallest absolute Gasteiger partial charge is 0.308 e. The molecule has 0 aromatic heterocycles. The van der Waals surface area contributed by atoms with Gasteiger partial charge in [0.15, 0.2) is 5.76 Å². The van der Waals surface area contributed by atoms with Gasteiger partial charge in [-0.1, -0.05) is 6.58 Å². The predicted molar refractivity (Wildman–Crippen MR) is 59.5 cm³/mol. The first-order chi connectivity index (χ1) is 7.43. The standard InChI is InChI=1S/C9H15NO6S/c1-6(16-7(2)11)8(12)10-9(3,4)5-17(13,14)15/h1,5H2,2-4H3,(H,10,12)(H,13,14,15). The van der Waals surface area contributed by atoms with E-state index < -0.39 is 39.0 Å². The largest absolute Gasteiger partial charge is 0.421 e. The highest BCUT2D eigenvalue weighted by Gasteiger charge is 2.28. The zero-order valence-corrected chi connectivity index (χ0v) is 10.6. The number of carbonyl (C=O) groups excluding carboxylic acids is 2. The molecular weight excluding hydrogens is 250 g/mol. The Morgan fingerprint density at radius 1 is 1.41 bits per heavy atom. The highest BCUT2D eigenvalue weighted by molar-refractivity contribution is 7.85. The molecule has 0 aliphatic heterocycles. The highest BCUT2D eigenvalue weighted by atomic mass is 32.2. The molecule has 0 aliphatic rings. The van der Waals surface area contributed by atoms with Crippen molar-refractivity contribution in [1.29, 1.82) is 0 Å². The lowest BCUT2D eigenvalue weighted by atomic mass is 10.1. The summed E-state index contributed by atoms with van der Waals surface area (Å²) in [6, 6.07) is 0. The Bertz CT molecular complexity index is 436. The molecule has 17 heavy (non-hydrogen) atoms. The van der Waals surface area contributed by atoms with Gasteiger partial charge in [-0.3, -0.25) is 14.1 Å². The first-order valence-corrected chi connectivity index (χ1v) is 6.19. The number of ether oxygens (including phenoxy) is 1. The topological polar surface area (TPSA) is 110 Å². The average molecular weight is 265 g/mol. The molecule has 8 heteroatoms. The molecule has 0 aromatic carbocycles. The van der Waals surface area contributed by atoms with E-state index in [1.54, 1.807) is 0 Å². The molecule has 0 radical (unpaired) electrons. The van der Waals surface area contributed by atoms with Gasteiger partial charge in [0, 0.05) is 6.92 Å². The SMILES string of the molecule is C=C(OC(C)=O)C(=O)NC(C)(C)CS(=O)(=O)O. The van der Waals surface area contributed by atoms with Gasteiger partial charge in [0.2, 0.25) is 0 Å². The van der Waals surface area contributed by atoms with E-state index in [1.165, 1.54) is 13.8 Å². The Kier molecular flexibility index (Phi) is 4.84. The van der Waals surface area contributed by atoms with Crippen LogP contribution >= 0.6 is 0 Å². The van der Waals surface area contributed by atoms with Gasteiger partial charge in [0.05, 0.1) is 11.3 Å². The minimum atomic E-state index is -4.23. The predicted octanol–water partition coefficient (Wildman–Crippen LogP) is -0.154. The van der Waals surface area contributed by atoms with Crippen molar-refractivity contribution in [1.82, 2.24) is 5.32 Å². The minimum absolute atomic E-state index is 0.444. The molecule has 0 unspecified atom stereocenters. The van der Waals surface area contributed by atoms with E-state index in [4.69, 9.17) is 4.55 Å². The molecule has 98 valence electrons. The van der Waals surface area contributed by atoms with Crippen LogP contribution in [0.4, 0.5) is 0 Å². The van der Waals surface area contributed by atoms with Crippen molar-refractivity contribution in [3.05, 3.63) is 12.3 Å². The van der Waals surface area contributed by atoms with Gasteiger partial charge >= 0.3 is 5.97 Å². The summed E-state index contributed by atoms with van der Waals surface area (Å²) in [5.74, 6) is -2.65. The molecule has 0 fully saturated rings. The zero-order chi connectivity index (χ0) is 13.9. The van der Waals surface area contributed by atoms with Crippen LogP contribution in [0.5, 0.6) is 0 Å². The van der Waals surface area contributed by atoms with E-state index in [2.05, 4.69) is 16.6 Å². The second kappa shape index (κ2) is 5.28. The van der Waals surface area contributed by atoms with E-state index in [0.717, 1.165) is 6.92 Å². The summed E-state index contributed by atoms with van der Waals surface area (Å²) in [6.07, 6.45) is 0. The number of nitrogens with one attached hydrogen (secondary N) is 1. The maximum absolute atomic E-state index is 11.4. The normalized spacial score (nSPS) is 11.8. The van der Waals surface area contributed by atoms with Gasteiger partial charge < -0.3 is 10.1 Å². The van der Waals surface area contributed by atoms with Crippen molar-refractivity contribution >= 4 is 22.0 Å². The Labute approximate surface area is 99.6 Å². The molecule has 0 atom stereocenters. The van der Waals surface area contributed by atoms with Crippen molar-refractivity contribution in [2.24, 2.45) is 0 Å². The van der Waals surface area contributed by atoms with Crippen molar-refractivity contribution < 1.29 is 27.3 Å².